The number of likely N-dealkylation sites (N-methyl/N-ethyl adjacent to an activating group) is 1. The van der Waals surface area contributed by atoms with Crippen molar-refractivity contribution >= 4 is 33.0 Å². The largest absolute Gasteiger partial charge is 0.303 e. The van der Waals surface area contributed by atoms with Crippen molar-refractivity contribution in [1.82, 2.24) is 14.6 Å². The highest BCUT2D eigenvalue weighted by molar-refractivity contribution is 7.91. The van der Waals surface area contributed by atoms with E-state index in [1.165, 1.54) is 0 Å². The molecule has 5 nitrogen and oxygen atoms in total. The van der Waals surface area contributed by atoms with Crippen LogP contribution in [0, 0.1) is 6.92 Å². The molecule has 104 valence electrons. The molecule has 0 saturated heterocycles. The van der Waals surface area contributed by atoms with Gasteiger partial charge in [0, 0.05) is 12.1 Å². The fraction of sp³-hybridized carbons (Fsp3) is 0.700. The van der Waals surface area contributed by atoms with E-state index in [2.05, 4.69) is 9.71 Å². The molecule has 0 aromatic carbocycles. The van der Waals surface area contributed by atoms with E-state index >= 15 is 0 Å². The Morgan fingerprint density at radius 1 is 1.44 bits per heavy atom. The van der Waals surface area contributed by atoms with Gasteiger partial charge in [0.15, 0.2) is 8.68 Å². The van der Waals surface area contributed by atoms with Crippen LogP contribution in [-0.4, -0.2) is 44.5 Å². The predicted molar refractivity (Wildman–Crippen MR) is 74.8 cm³/mol. The van der Waals surface area contributed by atoms with Crippen molar-refractivity contribution in [2.45, 2.75) is 30.5 Å². The van der Waals surface area contributed by atoms with Crippen molar-refractivity contribution in [2.75, 3.05) is 20.6 Å². The number of aromatic nitrogens is 1. The third kappa shape index (κ3) is 3.64. The van der Waals surface area contributed by atoms with Crippen LogP contribution in [-0.2, 0) is 10.0 Å². The summed E-state index contributed by atoms with van der Waals surface area (Å²) in [5.74, 6) is 0. The zero-order valence-corrected chi connectivity index (χ0v) is 13.5. The summed E-state index contributed by atoms with van der Waals surface area (Å²) >= 11 is 6.69. The van der Waals surface area contributed by atoms with Crippen LogP contribution in [0.25, 0.3) is 0 Å². The fourth-order valence-corrected chi connectivity index (χ4v) is 4.08. The monoisotopic (exact) mass is 311 g/mol. The van der Waals surface area contributed by atoms with Gasteiger partial charge >= 0.3 is 0 Å². The maximum atomic E-state index is 12.1. The van der Waals surface area contributed by atoms with Crippen molar-refractivity contribution in [3.8, 4) is 0 Å². The summed E-state index contributed by atoms with van der Waals surface area (Å²) in [6.07, 6.45) is 0. The molecule has 8 heteroatoms. The van der Waals surface area contributed by atoms with Crippen molar-refractivity contribution in [3.05, 3.63) is 10.2 Å². The molecule has 0 saturated carbocycles. The average Bonchev–Trinajstić information content (AvgIpc) is 2.56. The van der Waals surface area contributed by atoms with Crippen molar-refractivity contribution < 1.29 is 8.42 Å². The van der Waals surface area contributed by atoms with E-state index in [9.17, 15) is 8.42 Å². The summed E-state index contributed by atoms with van der Waals surface area (Å²) in [4.78, 5) is 5.87. The summed E-state index contributed by atoms with van der Waals surface area (Å²) < 4.78 is 27.2. The van der Waals surface area contributed by atoms with Crippen molar-refractivity contribution in [3.63, 3.8) is 0 Å². The van der Waals surface area contributed by atoms with Crippen LogP contribution in [0.1, 0.15) is 19.5 Å². The smallest absolute Gasteiger partial charge is 0.252 e. The second-order valence-corrected chi connectivity index (χ2v) is 8.41. The number of rotatable bonds is 5. The molecular weight excluding hydrogens is 294 g/mol. The lowest BCUT2D eigenvalue weighted by Gasteiger charge is -2.32. The van der Waals surface area contributed by atoms with Gasteiger partial charge in [-0.3, -0.25) is 0 Å². The van der Waals surface area contributed by atoms with E-state index in [-0.39, 0.29) is 14.2 Å². The Bertz CT molecular complexity index is 523. The maximum absolute atomic E-state index is 12.1. The zero-order valence-electron chi connectivity index (χ0n) is 11.1. The Hall–Kier alpha value is -0.210. The molecule has 0 unspecified atom stereocenters. The summed E-state index contributed by atoms with van der Waals surface area (Å²) in [7, 11) is 0.270. The summed E-state index contributed by atoms with van der Waals surface area (Å²) in [5, 5.41) is 0. The lowest BCUT2D eigenvalue weighted by molar-refractivity contribution is 0.199. The minimum Gasteiger partial charge on any atom is -0.303 e. The topological polar surface area (TPSA) is 62.3 Å². The molecule has 18 heavy (non-hydrogen) atoms. The number of nitrogens with zero attached hydrogens (tertiary/aromatic N) is 2. The molecule has 0 bridgehead atoms. The Balaban J connectivity index is 2.88. The number of hydrogen-bond donors (Lipinski definition) is 1. The molecule has 0 aliphatic rings. The SMILES string of the molecule is Cc1nc(Cl)sc1S(=O)(=O)NCC(C)(C)N(C)C. The number of thiazole rings is 1. The molecule has 0 fully saturated rings. The second-order valence-electron chi connectivity index (χ2n) is 4.87. The zero-order chi connectivity index (χ0) is 14.1. The van der Waals surface area contributed by atoms with Crippen LogP contribution in [0.5, 0.6) is 0 Å². The van der Waals surface area contributed by atoms with Crippen LogP contribution >= 0.6 is 22.9 Å². The lowest BCUT2D eigenvalue weighted by atomic mass is 10.1. The number of nitrogens with one attached hydrogen (secondary N) is 1. The Morgan fingerprint density at radius 2 is 2.00 bits per heavy atom. The average molecular weight is 312 g/mol. The fourth-order valence-electron chi connectivity index (χ4n) is 1.10. The van der Waals surface area contributed by atoms with E-state index in [0.29, 0.717) is 12.2 Å². The Kier molecular flexibility index (Phi) is 4.77. The van der Waals surface area contributed by atoms with Crippen LogP contribution < -0.4 is 4.72 Å². The maximum Gasteiger partial charge on any atom is 0.252 e. The van der Waals surface area contributed by atoms with Gasteiger partial charge in [-0.05, 0) is 34.9 Å². The minimum absolute atomic E-state index is 0.182. The second kappa shape index (κ2) is 5.42. The van der Waals surface area contributed by atoms with Gasteiger partial charge in [0.1, 0.15) is 0 Å². The normalized spacial score (nSPS) is 13.3. The van der Waals surface area contributed by atoms with E-state index in [1.54, 1.807) is 6.92 Å². The van der Waals surface area contributed by atoms with Crippen molar-refractivity contribution in [1.29, 1.82) is 0 Å². The number of hydrogen-bond acceptors (Lipinski definition) is 5. The molecule has 0 radical (unpaired) electrons. The van der Waals surface area contributed by atoms with Gasteiger partial charge in [-0.25, -0.2) is 18.1 Å². The highest BCUT2D eigenvalue weighted by Crippen LogP contribution is 2.26. The van der Waals surface area contributed by atoms with Gasteiger partial charge in [-0.2, -0.15) is 0 Å². The number of sulfonamides is 1. The van der Waals surface area contributed by atoms with Crippen LogP contribution in [0.3, 0.4) is 0 Å². The van der Waals surface area contributed by atoms with E-state index in [0.717, 1.165) is 11.3 Å². The van der Waals surface area contributed by atoms with Gasteiger partial charge in [-0.1, -0.05) is 22.9 Å². The predicted octanol–water partition coefficient (Wildman–Crippen LogP) is 1.72. The first-order valence-corrected chi connectivity index (χ1v) is 8.04. The Labute approximate surface area is 117 Å². The molecule has 1 aromatic rings. The van der Waals surface area contributed by atoms with Gasteiger partial charge < -0.3 is 4.90 Å². The quantitative estimate of drug-likeness (QED) is 0.899. The first-order chi connectivity index (χ1) is 8.06. The summed E-state index contributed by atoms with van der Waals surface area (Å²) in [5.41, 5.74) is 0.162. The van der Waals surface area contributed by atoms with Gasteiger partial charge in [0.25, 0.3) is 10.0 Å². The highest BCUT2D eigenvalue weighted by Gasteiger charge is 2.26. The first-order valence-electron chi connectivity index (χ1n) is 5.36. The van der Waals surface area contributed by atoms with E-state index in [4.69, 9.17) is 11.6 Å². The molecule has 0 spiro atoms. The third-order valence-electron chi connectivity index (χ3n) is 2.88. The van der Waals surface area contributed by atoms with Crippen LogP contribution in [0.15, 0.2) is 4.21 Å². The standard InChI is InChI=1S/C10H18ClN3O2S2/c1-7-8(17-9(11)13-7)18(15,16)12-6-10(2,3)14(4)5/h12H,6H2,1-5H3. The first kappa shape index (κ1) is 15.8. The Morgan fingerprint density at radius 3 is 2.39 bits per heavy atom. The van der Waals surface area contributed by atoms with Gasteiger partial charge in [0.05, 0.1) is 5.69 Å². The molecule has 1 heterocycles. The van der Waals surface area contributed by atoms with E-state index in [1.807, 2.05) is 32.8 Å². The molecule has 0 aliphatic carbocycles. The molecule has 0 amide bonds. The lowest BCUT2D eigenvalue weighted by Crippen LogP contribution is -2.48. The summed E-state index contributed by atoms with van der Waals surface area (Å²) in [6, 6.07) is 0. The summed E-state index contributed by atoms with van der Waals surface area (Å²) in [6.45, 7) is 5.87. The molecule has 1 N–H and O–H groups in total. The minimum atomic E-state index is -3.54. The molecule has 0 atom stereocenters. The highest BCUT2D eigenvalue weighted by atomic mass is 35.5. The molecule has 0 aliphatic heterocycles. The number of halogens is 1. The molecule has 1 aromatic heterocycles. The number of aryl methyl sites for hydroxylation is 1. The van der Waals surface area contributed by atoms with Gasteiger partial charge in [-0.15, -0.1) is 0 Å². The third-order valence-corrected chi connectivity index (χ3v) is 6.15. The van der Waals surface area contributed by atoms with E-state index < -0.39 is 10.0 Å². The van der Waals surface area contributed by atoms with Crippen LogP contribution in [0.2, 0.25) is 4.47 Å². The molecular formula is C10H18ClN3O2S2. The van der Waals surface area contributed by atoms with Crippen LogP contribution in [0.4, 0.5) is 0 Å². The van der Waals surface area contributed by atoms with Crippen molar-refractivity contribution in [2.24, 2.45) is 0 Å². The van der Waals surface area contributed by atoms with Gasteiger partial charge in [0.2, 0.25) is 0 Å². The molecule has 1 rings (SSSR count).